The molecule has 0 saturated heterocycles. The lowest BCUT2D eigenvalue weighted by atomic mass is 10.1. The van der Waals surface area contributed by atoms with Crippen molar-refractivity contribution in [2.75, 3.05) is 5.73 Å². The van der Waals surface area contributed by atoms with Gasteiger partial charge >= 0.3 is 0 Å². The topological polar surface area (TPSA) is 90.7 Å². The molecule has 22 heavy (non-hydrogen) atoms. The molecular weight excluding hydrogens is 298 g/mol. The van der Waals surface area contributed by atoms with Crippen LogP contribution < -0.4 is 5.73 Å². The summed E-state index contributed by atoms with van der Waals surface area (Å²) in [6.07, 6.45) is 3.50. The third kappa shape index (κ3) is 1.94. The van der Waals surface area contributed by atoms with E-state index in [1.54, 1.807) is 12.4 Å². The average Bonchev–Trinajstić information content (AvgIpc) is 3.11. The van der Waals surface area contributed by atoms with E-state index in [4.69, 9.17) is 15.3 Å². The number of aromatic nitrogens is 4. The van der Waals surface area contributed by atoms with Crippen molar-refractivity contribution >= 4 is 27.2 Å². The van der Waals surface area contributed by atoms with Gasteiger partial charge in [-0.15, -0.1) is 11.3 Å². The third-order valence-corrected chi connectivity index (χ3v) is 4.56. The van der Waals surface area contributed by atoms with Gasteiger partial charge in [0.1, 0.15) is 16.2 Å². The van der Waals surface area contributed by atoms with E-state index in [9.17, 15) is 0 Å². The zero-order chi connectivity index (χ0) is 15.1. The Kier molecular flexibility index (Phi) is 2.87. The number of thiophene rings is 1. The average molecular weight is 309 g/mol. The van der Waals surface area contributed by atoms with Gasteiger partial charge in [0.2, 0.25) is 0 Å². The number of nitrogens with zero attached hydrogens (tertiary/aromatic N) is 4. The van der Waals surface area contributed by atoms with E-state index in [0.717, 1.165) is 26.4 Å². The smallest absolute Gasteiger partial charge is 0.150 e. The summed E-state index contributed by atoms with van der Waals surface area (Å²) in [6, 6.07) is 7.80. The highest BCUT2D eigenvalue weighted by atomic mass is 32.1. The Morgan fingerprint density at radius 3 is 2.64 bits per heavy atom. The fourth-order valence-corrected chi connectivity index (χ4v) is 3.42. The van der Waals surface area contributed by atoms with E-state index in [0.29, 0.717) is 17.1 Å². The first kappa shape index (κ1) is 12.9. The number of fused-ring (bicyclic) bond motifs is 1. The fraction of sp³-hybridized carbons (Fsp3) is 0.0667. The first-order chi connectivity index (χ1) is 10.7. The van der Waals surface area contributed by atoms with Crippen LogP contribution in [0.15, 0.2) is 41.3 Å². The van der Waals surface area contributed by atoms with Crippen molar-refractivity contribution < 1.29 is 4.63 Å². The highest BCUT2D eigenvalue weighted by Crippen LogP contribution is 2.40. The van der Waals surface area contributed by atoms with Gasteiger partial charge in [0.25, 0.3) is 0 Å². The van der Waals surface area contributed by atoms with E-state index >= 15 is 0 Å². The first-order valence-electron chi connectivity index (χ1n) is 6.63. The fourth-order valence-electron chi connectivity index (χ4n) is 2.29. The molecule has 0 radical (unpaired) electrons. The van der Waals surface area contributed by atoms with Crippen LogP contribution in [0.1, 0.15) is 5.69 Å². The summed E-state index contributed by atoms with van der Waals surface area (Å²) >= 11 is 1.49. The minimum Gasteiger partial charge on any atom is -0.397 e. The van der Waals surface area contributed by atoms with Gasteiger partial charge in [-0.3, -0.25) is 4.98 Å². The normalized spacial score (nSPS) is 11.1. The molecule has 0 saturated carbocycles. The van der Waals surface area contributed by atoms with Crippen LogP contribution in [0.25, 0.3) is 32.0 Å². The van der Waals surface area contributed by atoms with Gasteiger partial charge in [-0.05, 0) is 36.3 Å². The van der Waals surface area contributed by atoms with Crippen molar-refractivity contribution in [1.29, 1.82) is 0 Å². The van der Waals surface area contributed by atoms with Crippen molar-refractivity contribution in [3.63, 3.8) is 0 Å². The Morgan fingerprint density at radius 2 is 1.91 bits per heavy atom. The van der Waals surface area contributed by atoms with Crippen LogP contribution >= 0.6 is 11.3 Å². The minimum atomic E-state index is 0.660. The molecule has 6 nitrogen and oxygen atoms in total. The number of nitrogen functional groups attached to an aromatic ring is 1. The number of rotatable bonds is 2. The zero-order valence-electron chi connectivity index (χ0n) is 11.6. The van der Waals surface area contributed by atoms with Crippen LogP contribution in [0.5, 0.6) is 0 Å². The molecule has 7 heteroatoms. The Balaban J connectivity index is 1.90. The van der Waals surface area contributed by atoms with Gasteiger partial charge in [0.05, 0.1) is 16.3 Å². The molecule has 0 aliphatic carbocycles. The molecule has 4 rings (SSSR count). The number of aryl methyl sites for hydroxylation is 1. The van der Waals surface area contributed by atoms with Crippen LogP contribution in [-0.4, -0.2) is 20.3 Å². The van der Waals surface area contributed by atoms with Gasteiger partial charge in [-0.25, -0.2) is 9.61 Å². The molecule has 2 N–H and O–H groups in total. The lowest BCUT2D eigenvalue weighted by molar-refractivity contribution is 0.306. The van der Waals surface area contributed by atoms with Gasteiger partial charge in [-0.1, -0.05) is 5.16 Å². The number of nitrogens with two attached hydrogens (primary N) is 1. The quantitative estimate of drug-likeness (QED) is 0.611. The van der Waals surface area contributed by atoms with Crippen LogP contribution in [-0.2, 0) is 0 Å². The van der Waals surface area contributed by atoms with E-state index in [-0.39, 0.29) is 0 Å². The van der Waals surface area contributed by atoms with E-state index in [2.05, 4.69) is 15.3 Å². The van der Waals surface area contributed by atoms with Crippen LogP contribution in [0.3, 0.4) is 0 Å². The molecule has 0 spiro atoms. The molecule has 0 bridgehead atoms. The Hall–Kier alpha value is -2.80. The number of anilines is 1. The molecule has 0 aliphatic heterocycles. The second kappa shape index (κ2) is 4.88. The molecule has 4 aromatic rings. The molecule has 0 unspecified atom stereocenters. The van der Waals surface area contributed by atoms with Crippen molar-refractivity contribution in [2.24, 2.45) is 0 Å². The van der Waals surface area contributed by atoms with Crippen LogP contribution in [0.2, 0.25) is 0 Å². The van der Waals surface area contributed by atoms with Crippen LogP contribution in [0.4, 0.5) is 5.69 Å². The summed E-state index contributed by atoms with van der Waals surface area (Å²) in [5.41, 5.74) is 10.2. The van der Waals surface area contributed by atoms with Gasteiger partial charge in [-0.2, -0.15) is 0 Å². The monoisotopic (exact) mass is 309 g/mol. The van der Waals surface area contributed by atoms with Gasteiger partial charge < -0.3 is 5.73 Å². The molecule has 4 aromatic heterocycles. The maximum absolute atomic E-state index is 6.24. The minimum absolute atomic E-state index is 0.660. The SMILES string of the molecule is Cc1nonc1-c1sc2nc(-c3ccncc3)ccc2c1N. The molecule has 4 heterocycles. The van der Waals surface area contributed by atoms with Gasteiger partial charge in [0, 0.05) is 23.3 Å². The predicted octanol–water partition coefficient (Wildman–Crippen LogP) is 3.30. The second-order valence-electron chi connectivity index (χ2n) is 4.83. The number of hydrogen-bond donors (Lipinski definition) is 1. The van der Waals surface area contributed by atoms with Crippen LogP contribution in [0, 0.1) is 6.92 Å². The van der Waals surface area contributed by atoms with Crippen molar-refractivity contribution in [3.8, 4) is 21.8 Å². The second-order valence-corrected chi connectivity index (χ2v) is 5.83. The zero-order valence-corrected chi connectivity index (χ0v) is 12.5. The summed E-state index contributed by atoms with van der Waals surface area (Å²) in [6.45, 7) is 1.84. The number of hydrogen-bond acceptors (Lipinski definition) is 7. The van der Waals surface area contributed by atoms with Crippen molar-refractivity contribution in [2.45, 2.75) is 6.92 Å². The summed E-state index contributed by atoms with van der Waals surface area (Å²) in [5, 5.41) is 8.65. The molecule has 108 valence electrons. The molecule has 0 aromatic carbocycles. The lowest BCUT2D eigenvalue weighted by Crippen LogP contribution is -1.88. The van der Waals surface area contributed by atoms with Crippen molar-refractivity contribution in [3.05, 3.63) is 42.4 Å². The van der Waals surface area contributed by atoms with E-state index in [1.807, 2.05) is 31.2 Å². The third-order valence-electron chi connectivity index (χ3n) is 3.44. The largest absolute Gasteiger partial charge is 0.397 e. The highest BCUT2D eigenvalue weighted by molar-refractivity contribution is 7.22. The maximum Gasteiger partial charge on any atom is 0.150 e. The standard InChI is InChI=1S/C15H11N5OS/c1-8-13(20-21-19-8)14-12(16)10-2-3-11(18-15(10)22-14)9-4-6-17-7-5-9/h2-7H,16H2,1H3. The Bertz CT molecular complexity index is 961. The molecular formula is C15H11N5OS. The molecule has 0 amide bonds. The summed E-state index contributed by atoms with van der Waals surface area (Å²) in [5.74, 6) is 0. The van der Waals surface area contributed by atoms with E-state index < -0.39 is 0 Å². The van der Waals surface area contributed by atoms with Gasteiger partial charge in [0.15, 0.2) is 0 Å². The lowest BCUT2D eigenvalue weighted by Gasteiger charge is -2.00. The summed E-state index contributed by atoms with van der Waals surface area (Å²) < 4.78 is 4.77. The molecule has 0 atom stereocenters. The molecule has 0 aliphatic rings. The Morgan fingerprint density at radius 1 is 1.09 bits per heavy atom. The maximum atomic E-state index is 6.24. The number of pyridine rings is 2. The Labute approximate surface area is 129 Å². The highest BCUT2D eigenvalue weighted by Gasteiger charge is 2.18. The predicted molar refractivity (Wildman–Crippen MR) is 85.3 cm³/mol. The van der Waals surface area contributed by atoms with E-state index in [1.165, 1.54) is 11.3 Å². The summed E-state index contributed by atoms with van der Waals surface area (Å²) in [7, 11) is 0. The molecule has 0 fully saturated rings. The summed E-state index contributed by atoms with van der Waals surface area (Å²) in [4.78, 5) is 10.4. The van der Waals surface area contributed by atoms with Crippen molar-refractivity contribution in [1.82, 2.24) is 20.3 Å². The first-order valence-corrected chi connectivity index (χ1v) is 7.44.